The number of nitrogens with one attached hydrogen (secondary N) is 1. The molecule has 6 nitrogen and oxygen atoms in total. The van der Waals surface area contributed by atoms with Gasteiger partial charge in [-0.3, -0.25) is 19.6 Å². The second-order valence-corrected chi connectivity index (χ2v) is 7.67. The van der Waals surface area contributed by atoms with Gasteiger partial charge in [0.15, 0.2) is 0 Å². The third-order valence-corrected chi connectivity index (χ3v) is 5.76. The highest BCUT2D eigenvalue weighted by Gasteiger charge is 2.45. The molecule has 2 aliphatic rings. The van der Waals surface area contributed by atoms with Crippen molar-refractivity contribution in [1.82, 2.24) is 20.2 Å². The van der Waals surface area contributed by atoms with Crippen molar-refractivity contribution in [3.05, 3.63) is 48.3 Å². The predicted octanol–water partition coefficient (Wildman–Crippen LogP) is 2.66. The van der Waals surface area contributed by atoms with Crippen molar-refractivity contribution in [3.8, 4) is 11.4 Å². The van der Waals surface area contributed by atoms with E-state index in [1.165, 1.54) is 19.0 Å². The number of pyridine rings is 2. The van der Waals surface area contributed by atoms with Crippen molar-refractivity contribution in [3.63, 3.8) is 0 Å². The van der Waals surface area contributed by atoms with Gasteiger partial charge in [-0.05, 0) is 62.3 Å². The first-order chi connectivity index (χ1) is 13.1. The van der Waals surface area contributed by atoms with Crippen LogP contribution in [0.3, 0.4) is 0 Å². The number of aromatic nitrogens is 2. The summed E-state index contributed by atoms with van der Waals surface area (Å²) in [6.07, 6.45) is 8.03. The van der Waals surface area contributed by atoms with Crippen LogP contribution >= 0.6 is 0 Å². The van der Waals surface area contributed by atoms with Crippen molar-refractivity contribution in [2.75, 3.05) is 13.1 Å². The molecule has 3 heterocycles. The molecule has 1 aliphatic carbocycles. The smallest absolute Gasteiger partial charge is 0.253 e. The van der Waals surface area contributed by atoms with Crippen LogP contribution < -0.4 is 5.32 Å². The van der Waals surface area contributed by atoms with Crippen molar-refractivity contribution < 1.29 is 9.59 Å². The lowest BCUT2D eigenvalue weighted by Gasteiger charge is -2.33. The van der Waals surface area contributed by atoms with Crippen molar-refractivity contribution in [2.45, 2.75) is 38.6 Å². The largest absolute Gasteiger partial charge is 0.341 e. The molecule has 1 unspecified atom stereocenters. The first-order valence-corrected chi connectivity index (χ1v) is 9.53. The van der Waals surface area contributed by atoms with E-state index in [9.17, 15) is 9.59 Å². The molecule has 2 aromatic heterocycles. The van der Waals surface area contributed by atoms with Gasteiger partial charge in [0.05, 0.1) is 17.0 Å². The van der Waals surface area contributed by atoms with Crippen molar-refractivity contribution >= 4 is 11.8 Å². The molecule has 1 atom stereocenters. The number of carbonyl (C=O) groups excluding carboxylic acids is 2. The number of likely N-dealkylation sites (tertiary alicyclic amines) is 1. The molecule has 0 aromatic carbocycles. The first-order valence-electron chi connectivity index (χ1n) is 9.53. The van der Waals surface area contributed by atoms with Crippen LogP contribution in [-0.4, -0.2) is 45.8 Å². The number of rotatable bonds is 4. The van der Waals surface area contributed by atoms with E-state index in [4.69, 9.17) is 0 Å². The minimum absolute atomic E-state index is 0.00286. The van der Waals surface area contributed by atoms with Gasteiger partial charge in [0.1, 0.15) is 6.04 Å². The van der Waals surface area contributed by atoms with E-state index in [1.54, 1.807) is 25.3 Å². The SMILES string of the molecule is CC(NC(=O)c1ccc(-c2ccccn2)nc1)C(=O)N1CCC2(CC1)CC2. The van der Waals surface area contributed by atoms with Gasteiger partial charge in [0.2, 0.25) is 5.91 Å². The second kappa shape index (κ2) is 7.10. The zero-order valence-electron chi connectivity index (χ0n) is 15.5. The van der Waals surface area contributed by atoms with E-state index in [0.717, 1.165) is 31.6 Å². The van der Waals surface area contributed by atoms with E-state index >= 15 is 0 Å². The number of hydrogen-bond donors (Lipinski definition) is 1. The minimum Gasteiger partial charge on any atom is -0.341 e. The Morgan fingerprint density at radius 1 is 1.04 bits per heavy atom. The molecular formula is C21H24N4O2. The third-order valence-electron chi connectivity index (χ3n) is 5.76. The monoisotopic (exact) mass is 364 g/mol. The lowest BCUT2D eigenvalue weighted by molar-refractivity contribution is -0.134. The van der Waals surface area contributed by atoms with Crippen molar-refractivity contribution in [2.24, 2.45) is 5.41 Å². The van der Waals surface area contributed by atoms with Gasteiger partial charge in [-0.25, -0.2) is 0 Å². The molecule has 140 valence electrons. The molecule has 1 N–H and O–H groups in total. The quantitative estimate of drug-likeness (QED) is 0.905. The molecule has 1 saturated carbocycles. The summed E-state index contributed by atoms with van der Waals surface area (Å²) in [6.45, 7) is 3.36. The van der Waals surface area contributed by atoms with Crippen LogP contribution in [0.4, 0.5) is 0 Å². The summed E-state index contributed by atoms with van der Waals surface area (Å²) >= 11 is 0. The Balaban J connectivity index is 1.34. The Hall–Kier alpha value is -2.76. The summed E-state index contributed by atoms with van der Waals surface area (Å²) in [5.74, 6) is -0.288. The van der Waals surface area contributed by atoms with E-state index in [2.05, 4.69) is 15.3 Å². The van der Waals surface area contributed by atoms with Crippen molar-refractivity contribution in [1.29, 1.82) is 0 Å². The highest BCUT2D eigenvalue weighted by Crippen LogP contribution is 2.53. The number of nitrogens with zero attached hydrogens (tertiary/aromatic N) is 3. The topological polar surface area (TPSA) is 75.2 Å². The highest BCUT2D eigenvalue weighted by molar-refractivity contribution is 5.97. The molecular weight excluding hydrogens is 340 g/mol. The fourth-order valence-electron chi connectivity index (χ4n) is 3.69. The summed E-state index contributed by atoms with van der Waals surface area (Å²) in [5.41, 5.74) is 2.43. The number of amides is 2. The molecule has 0 radical (unpaired) electrons. The fraction of sp³-hybridized carbons (Fsp3) is 0.429. The number of carbonyl (C=O) groups is 2. The van der Waals surface area contributed by atoms with Crippen LogP contribution in [0.1, 0.15) is 43.0 Å². The normalized spacial score (nSPS) is 18.8. The molecule has 6 heteroatoms. The van der Waals surface area contributed by atoms with E-state index in [0.29, 0.717) is 16.7 Å². The van der Waals surface area contributed by atoms with Gasteiger partial charge in [0, 0.05) is 25.5 Å². The Morgan fingerprint density at radius 2 is 1.78 bits per heavy atom. The minimum atomic E-state index is -0.541. The maximum absolute atomic E-state index is 12.6. The van der Waals surface area contributed by atoms with E-state index in [1.807, 2.05) is 23.1 Å². The summed E-state index contributed by atoms with van der Waals surface area (Å²) in [7, 11) is 0. The molecule has 27 heavy (non-hydrogen) atoms. The average molecular weight is 364 g/mol. The zero-order valence-corrected chi connectivity index (χ0v) is 15.5. The van der Waals surface area contributed by atoms with Gasteiger partial charge in [-0.1, -0.05) is 6.07 Å². The lowest BCUT2D eigenvalue weighted by Crippen LogP contribution is -2.49. The van der Waals surface area contributed by atoms with Gasteiger partial charge in [0.25, 0.3) is 5.91 Å². The zero-order chi connectivity index (χ0) is 18.9. The molecule has 1 spiro atoms. The molecule has 1 aliphatic heterocycles. The summed E-state index contributed by atoms with van der Waals surface area (Å²) < 4.78 is 0. The Labute approximate surface area is 159 Å². The molecule has 2 amide bonds. The summed E-state index contributed by atoms with van der Waals surface area (Å²) in [5, 5.41) is 2.80. The second-order valence-electron chi connectivity index (χ2n) is 7.67. The van der Waals surface area contributed by atoms with Crippen LogP contribution in [0.2, 0.25) is 0 Å². The molecule has 2 aromatic rings. The van der Waals surface area contributed by atoms with Crippen LogP contribution in [-0.2, 0) is 4.79 Å². The van der Waals surface area contributed by atoms with Crippen LogP contribution in [0.5, 0.6) is 0 Å². The molecule has 4 rings (SSSR count). The molecule has 2 fully saturated rings. The number of piperidine rings is 1. The fourth-order valence-corrected chi connectivity index (χ4v) is 3.69. The third kappa shape index (κ3) is 3.84. The molecule has 0 bridgehead atoms. The average Bonchev–Trinajstić information content (AvgIpc) is 3.47. The standard InChI is InChI=1S/C21H24N4O2/c1-15(20(27)25-12-9-21(7-8-21)10-13-25)24-19(26)16-5-6-18(23-14-16)17-4-2-3-11-22-17/h2-6,11,14-15H,7-10,12-13H2,1H3,(H,24,26). The van der Waals surface area contributed by atoms with Gasteiger partial charge in [-0.2, -0.15) is 0 Å². The Morgan fingerprint density at radius 3 is 2.37 bits per heavy atom. The van der Waals surface area contributed by atoms with Crippen LogP contribution in [0, 0.1) is 5.41 Å². The van der Waals surface area contributed by atoms with Crippen LogP contribution in [0.15, 0.2) is 42.7 Å². The Kier molecular flexibility index (Phi) is 4.64. The van der Waals surface area contributed by atoms with E-state index in [-0.39, 0.29) is 11.8 Å². The summed E-state index contributed by atoms with van der Waals surface area (Å²) in [4.78, 5) is 35.5. The van der Waals surface area contributed by atoms with Gasteiger partial charge >= 0.3 is 0 Å². The maximum Gasteiger partial charge on any atom is 0.253 e. The Bertz CT molecular complexity index is 821. The van der Waals surface area contributed by atoms with Gasteiger partial charge in [-0.15, -0.1) is 0 Å². The maximum atomic E-state index is 12.6. The summed E-state index contributed by atoms with van der Waals surface area (Å²) in [6, 6.07) is 8.54. The first kappa shape index (κ1) is 17.6. The number of hydrogen-bond acceptors (Lipinski definition) is 4. The van der Waals surface area contributed by atoms with Crippen LogP contribution in [0.25, 0.3) is 11.4 Å². The predicted molar refractivity (Wildman–Crippen MR) is 102 cm³/mol. The van der Waals surface area contributed by atoms with Gasteiger partial charge < -0.3 is 10.2 Å². The lowest BCUT2D eigenvalue weighted by atomic mass is 9.93. The van der Waals surface area contributed by atoms with E-state index < -0.39 is 6.04 Å². The highest BCUT2D eigenvalue weighted by atomic mass is 16.2. The molecule has 1 saturated heterocycles.